The molecule has 0 unspecified atom stereocenters. The Bertz CT molecular complexity index is 824. The number of halogens is 1. The van der Waals surface area contributed by atoms with Gasteiger partial charge in [-0.3, -0.25) is 4.79 Å². The predicted molar refractivity (Wildman–Crippen MR) is 97.6 cm³/mol. The number of H-pyrrole nitrogens is 1. The van der Waals surface area contributed by atoms with Gasteiger partial charge in [0, 0.05) is 41.0 Å². The summed E-state index contributed by atoms with van der Waals surface area (Å²) < 4.78 is 1.07. The van der Waals surface area contributed by atoms with Crippen molar-refractivity contribution in [1.82, 2.24) is 10.3 Å². The molecule has 0 spiro atoms. The first-order chi connectivity index (χ1) is 11.1. The van der Waals surface area contributed by atoms with Crippen LogP contribution < -0.4 is 5.32 Å². The molecule has 3 aromatic rings. The molecular weight excluding hydrogens is 352 g/mol. The van der Waals surface area contributed by atoms with Crippen molar-refractivity contribution in [3.63, 3.8) is 0 Å². The zero-order chi connectivity index (χ0) is 16.2. The van der Waals surface area contributed by atoms with Crippen LogP contribution in [0, 0.1) is 0 Å². The average molecular weight is 371 g/mol. The van der Waals surface area contributed by atoms with Gasteiger partial charge in [0.05, 0.1) is 0 Å². The van der Waals surface area contributed by atoms with Gasteiger partial charge in [0.15, 0.2) is 0 Å². The van der Waals surface area contributed by atoms with E-state index in [-0.39, 0.29) is 5.91 Å². The zero-order valence-electron chi connectivity index (χ0n) is 13.0. The molecule has 0 fully saturated rings. The molecule has 3 rings (SSSR count). The summed E-state index contributed by atoms with van der Waals surface area (Å²) in [6.45, 7) is 2.20. The fourth-order valence-electron chi connectivity index (χ4n) is 2.88. The third-order valence-electron chi connectivity index (χ3n) is 3.93. The highest BCUT2D eigenvalue weighted by Gasteiger charge is 2.12. The summed E-state index contributed by atoms with van der Waals surface area (Å²) in [7, 11) is 0. The van der Waals surface area contributed by atoms with Crippen molar-refractivity contribution >= 4 is 32.7 Å². The van der Waals surface area contributed by atoms with Crippen molar-refractivity contribution in [2.45, 2.75) is 19.8 Å². The molecule has 0 bridgehead atoms. The standard InChI is InChI=1S/C19H19BrN2O/c1-13(23)21-10-9-16-17-12-15(20)7-8-18(17)22-19(16)11-14-5-3-2-4-6-14/h2-8,12,22H,9-11H2,1H3,(H,21,23). The van der Waals surface area contributed by atoms with Gasteiger partial charge >= 0.3 is 0 Å². The second-order valence-corrected chi connectivity index (χ2v) is 6.58. The molecule has 2 aromatic carbocycles. The highest BCUT2D eigenvalue weighted by atomic mass is 79.9. The summed E-state index contributed by atoms with van der Waals surface area (Å²) in [6.07, 6.45) is 1.68. The Morgan fingerprint density at radius 1 is 1.17 bits per heavy atom. The maximum absolute atomic E-state index is 11.1. The molecule has 0 aliphatic carbocycles. The molecule has 4 heteroatoms. The lowest BCUT2D eigenvalue weighted by Gasteiger charge is -2.06. The fourth-order valence-corrected chi connectivity index (χ4v) is 3.24. The maximum Gasteiger partial charge on any atom is 0.216 e. The van der Waals surface area contributed by atoms with Crippen LogP contribution in [0.2, 0.25) is 0 Å². The van der Waals surface area contributed by atoms with Gasteiger partial charge < -0.3 is 10.3 Å². The first-order valence-electron chi connectivity index (χ1n) is 7.71. The van der Waals surface area contributed by atoms with Crippen LogP contribution in [0.15, 0.2) is 53.0 Å². The predicted octanol–water partition coefficient (Wildman–Crippen LogP) is 4.20. The number of fused-ring (bicyclic) bond motifs is 1. The quantitative estimate of drug-likeness (QED) is 0.694. The topological polar surface area (TPSA) is 44.9 Å². The van der Waals surface area contributed by atoms with E-state index in [1.807, 2.05) is 12.1 Å². The number of benzene rings is 2. The van der Waals surface area contributed by atoms with Crippen LogP contribution in [-0.4, -0.2) is 17.4 Å². The molecule has 0 saturated heterocycles. The third-order valence-corrected chi connectivity index (χ3v) is 4.42. The number of aromatic nitrogens is 1. The Kier molecular flexibility index (Phi) is 4.82. The number of amides is 1. The van der Waals surface area contributed by atoms with Crippen molar-refractivity contribution in [1.29, 1.82) is 0 Å². The molecule has 0 atom stereocenters. The first-order valence-corrected chi connectivity index (χ1v) is 8.50. The highest BCUT2D eigenvalue weighted by Crippen LogP contribution is 2.27. The van der Waals surface area contributed by atoms with Crippen molar-refractivity contribution in [3.8, 4) is 0 Å². The van der Waals surface area contributed by atoms with Crippen LogP contribution >= 0.6 is 15.9 Å². The largest absolute Gasteiger partial charge is 0.358 e. The number of aromatic amines is 1. The van der Waals surface area contributed by atoms with E-state index < -0.39 is 0 Å². The van der Waals surface area contributed by atoms with Crippen LogP contribution in [-0.2, 0) is 17.6 Å². The van der Waals surface area contributed by atoms with Gasteiger partial charge in [-0.05, 0) is 35.7 Å². The Morgan fingerprint density at radius 2 is 1.96 bits per heavy atom. The van der Waals surface area contributed by atoms with E-state index in [9.17, 15) is 4.79 Å². The summed E-state index contributed by atoms with van der Waals surface area (Å²) in [5, 5.41) is 4.11. The number of carbonyl (C=O) groups excluding carboxylic acids is 1. The molecule has 3 nitrogen and oxygen atoms in total. The summed E-state index contributed by atoms with van der Waals surface area (Å²) in [6, 6.07) is 16.7. The number of carbonyl (C=O) groups is 1. The Morgan fingerprint density at radius 3 is 2.70 bits per heavy atom. The summed E-state index contributed by atoms with van der Waals surface area (Å²) in [5.74, 6) is 0.00984. The molecule has 0 aliphatic heterocycles. The van der Waals surface area contributed by atoms with E-state index in [0.29, 0.717) is 6.54 Å². The minimum atomic E-state index is 0.00984. The van der Waals surface area contributed by atoms with Gasteiger partial charge in [-0.15, -0.1) is 0 Å². The van der Waals surface area contributed by atoms with Gasteiger partial charge in [-0.1, -0.05) is 46.3 Å². The molecule has 0 radical (unpaired) electrons. The summed E-state index contributed by atoms with van der Waals surface area (Å²) in [5.41, 5.74) is 4.91. The maximum atomic E-state index is 11.1. The molecule has 118 valence electrons. The summed E-state index contributed by atoms with van der Waals surface area (Å²) in [4.78, 5) is 14.7. The summed E-state index contributed by atoms with van der Waals surface area (Å²) >= 11 is 3.55. The van der Waals surface area contributed by atoms with E-state index in [2.05, 4.69) is 62.6 Å². The number of nitrogens with one attached hydrogen (secondary N) is 2. The van der Waals surface area contributed by atoms with Gasteiger partial charge in [-0.25, -0.2) is 0 Å². The van der Waals surface area contributed by atoms with Crippen molar-refractivity contribution < 1.29 is 4.79 Å². The third kappa shape index (κ3) is 3.82. The first kappa shape index (κ1) is 15.8. The second kappa shape index (κ2) is 7.01. The van der Waals surface area contributed by atoms with E-state index in [4.69, 9.17) is 0 Å². The van der Waals surface area contributed by atoms with Crippen molar-refractivity contribution in [2.24, 2.45) is 0 Å². The molecule has 23 heavy (non-hydrogen) atoms. The molecule has 0 saturated carbocycles. The lowest BCUT2D eigenvalue weighted by atomic mass is 10.0. The van der Waals surface area contributed by atoms with E-state index in [1.54, 1.807) is 6.92 Å². The lowest BCUT2D eigenvalue weighted by molar-refractivity contribution is -0.118. The lowest BCUT2D eigenvalue weighted by Crippen LogP contribution is -2.22. The Labute approximate surface area is 144 Å². The number of hydrogen-bond acceptors (Lipinski definition) is 1. The Balaban J connectivity index is 1.96. The van der Waals surface area contributed by atoms with Gasteiger partial charge in [0.2, 0.25) is 5.91 Å². The van der Waals surface area contributed by atoms with Gasteiger partial charge in [0.1, 0.15) is 0 Å². The van der Waals surface area contributed by atoms with E-state index in [0.717, 1.165) is 22.8 Å². The van der Waals surface area contributed by atoms with Crippen molar-refractivity contribution in [2.75, 3.05) is 6.54 Å². The SMILES string of the molecule is CC(=O)NCCc1c(Cc2ccccc2)[nH]c2ccc(Br)cc12. The van der Waals surface area contributed by atoms with Crippen LogP contribution in [0.1, 0.15) is 23.7 Å². The van der Waals surface area contributed by atoms with Crippen LogP contribution in [0.5, 0.6) is 0 Å². The monoisotopic (exact) mass is 370 g/mol. The van der Waals surface area contributed by atoms with Crippen molar-refractivity contribution in [3.05, 3.63) is 69.8 Å². The Hall–Kier alpha value is -2.07. The molecule has 1 amide bonds. The number of hydrogen-bond donors (Lipinski definition) is 2. The molecular formula is C19H19BrN2O. The van der Waals surface area contributed by atoms with Gasteiger partial charge in [-0.2, -0.15) is 0 Å². The fraction of sp³-hybridized carbons (Fsp3) is 0.211. The van der Waals surface area contributed by atoms with Crippen LogP contribution in [0.3, 0.4) is 0 Å². The van der Waals surface area contributed by atoms with E-state index >= 15 is 0 Å². The normalized spacial score (nSPS) is 10.9. The van der Waals surface area contributed by atoms with Crippen LogP contribution in [0.25, 0.3) is 10.9 Å². The second-order valence-electron chi connectivity index (χ2n) is 5.67. The minimum absolute atomic E-state index is 0.00984. The smallest absolute Gasteiger partial charge is 0.216 e. The number of rotatable bonds is 5. The molecule has 2 N–H and O–H groups in total. The van der Waals surface area contributed by atoms with Gasteiger partial charge in [0.25, 0.3) is 0 Å². The van der Waals surface area contributed by atoms with Crippen LogP contribution in [0.4, 0.5) is 0 Å². The molecule has 1 heterocycles. The molecule has 0 aliphatic rings. The zero-order valence-corrected chi connectivity index (χ0v) is 14.6. The molecule has 1 aromatic heterocycles. The average Bonchev–Trinajstić information content (AvgIpc) is 2.85. The van der Waals surface area contributed by atoms with E-state index in [1.165, 1.54) is 22.2 Å². The minimum Gasteiger partial charge on any atom is -0.358 e. The highest BCUT2D eigenvalue weighted by molar-refractivity contribution is 9.10.